The smallest absolute Gasteiger partial charge is 0.0992 e. The molecular formula is C14H17BrN2O. The number of aliphatic hydroxyl groups excluding tert-OH is 1. The predicted molar refractivity (Wildman–Crippen MR) is 75.5 cm³/mol. The summed E-state index contributed by atoms with van der Waals surface area (Å²) in [5, 5.41) is 17.8. The average Bonchev–Trinajstić information content (AvgIpc) is 2.84. The maximum atomic E-state index is 8.94. The van der Waals surface area contributed by atoms with Gasteiger partial charge in [-0.15, -0.1) is 0 Å². The molecule has 2 rings (SSSR count). The van der Waals surface area contributed by atoms with Gasteiger partial charge in [-0.3, -0.25) is 0 Å². The highest BCUT2D eigenvalue weighted by atomic mass is 79.9. The van der Waals surface area contributed by atoms with E-state index in [4.69, 9.17) is 10.4 Å². The molecule has 1 aliphatic heterocycles. The molecule has 0 amide bonds. The molecule has 0 bridgehead atoms. The Kier molecular flexibility index (Phi) is 4.62. The Morgan fingerprint density at radius 1 is 1.50 bits per heavy atom. The Labute approximate surface area is 116 Å². The molecule has 0 radical (unpaired) electrons. The minimum atomic E-state index is 0.263. The zero-order valence-corrected chi connectivity index (χ0v) is 11.9. The van der Waals surface area contributed by atoms with E-state index < -0.39 is 0 Å². The Morgan fingerprint density at radius 3 is 3.00 bits per heavy atom. The molecule has 96 valence electrons. The van der Waals surface area contributed by atoms with Crippen molar-refractivity contribution in [1.29, 1.82) is 5.26 Å². The fourth-order valence-corrected chi connectivity index (χ4v) is 3.20. The van der Waals surface area contributed by atoms with Gasteiger partial charge in [-0.05, 0) is 59.8 Å². The fourth-order valence-electron chi connectivity index (χ4n) is 2.59. The van der Waals surface area contributed by atoms with Gasteiger partial charge in [-0.25, -0.2) is 0 Å². The molecule has 0 aliphatic carbocycles. The van der Waals surface area contributed by atoms with E-state index in [9.17, 15) is 0 Å². The lowest BCUT2D eigenvalue weighted by molar-refractivity contribution is 0.279. The van der Waals surface area contributed by atoms with E-state index in [-0.39, 0.29) is 6.61 Å². The van der Waals surface area contributed by atoms with Crippen molar-refractivity contribution in [1.82, 2.24) is 0 Å². The maximum Gasteiger partial charge on any atom is 0.0992 e. The molecule has 1 fully saturated rings. The lowest BCUT2D eigenvalue weighted by Gasteiger charge is -2.27. The molecule has 1 unspecified atom stereocenters. The van der Waals surface area contributed by atoms with Crippen LogP contribution in [0.2, 0.25) is 0 Å². The minimum absolute atomic E-state index is 0.263. The number of hydrogen-bond donors (Lipinski definition) is 1. The summed E-state index contributed by atoms with van der Waals surface area (Å²) in [4.78, 5) is 2.39. The van der Waals surface area contributed by atoms with Gasteiger partial charge in [0.2, 0.25) is 0 Å². The van der Waals surface area contributed by atoms with Crippen molar-refractivity contribution >= 4 is 21.6 Å². The third-order valence-electron chi connectivity index (χ3n) is 3.46. The molecule has 1 N–H and O–H groups in total. The highest BCUT2D eigenvalue weighted by Crippen LogP contribution is 2.34. The quantitative estimate of drug-likeness (QED) is 0.930. The highest BCUT2D eigenvalue weighted by Gasteiger charge is 2.25. The zero-order chi connectivity index (χ0) is 13.0. The van der Waals surface area contributed by atoms with Crippen LogP contribution in [-0.4, -0.2) is 24.3 Å². The van der Waals surface area contributed by atoms with Gasteiger partial charge in [0.1, 0.15) is 0 Å². The average molecular weight is 309 g/mol. The van der Waals surface area contributed by atoms with Crippen molar-refractivity contribution in [2.45, 2.75) is 31.7 Å². The Hall–Kier alpha value is -1.05. The largest absolute Gasteiger partial charge is 0.396 e. The Balaban J connectivity index is 2.17. The summed E-state index contributed by atoms with van der Waals surface area (Å²) < 4.78 is 0.984. The fraction of sp³-hybridized carbons (Fsp3) is 0.500. The molecule has 4 heteroatoms. The van der Waals surface area contributed by atoms with Gasteiger partial charge in [0, 0.05) is 23.7 Å². The molecule has 1 saturated heterocycles. The first-order chi connectivity index (χ1) is 8.76. The summed E-state index contributed by atoms with van der Waals surface area (Å²) in [7, 11) is 0. The number of aliphatic hydroxyl groups is 1. The third kappa shape index (κ3) is 2.85. The standard InChI is InChI=1S/C14H17BrN2O/c15-13-9-11(10-16)5-6-14(13)17-7-1-3-12(17)4-2-8-18/h5-6,9,12,18H,1-4,7-8H2. The van der Waals surface area contributed by atoms with Gasteiger partial charge in [0.15, 0.2) is 0 Å². The normalized spacial score (nSPS) is 18.9. The highest BCUT2D eigenvalue weighted by molar-refractivity contribution is 9.10. The van der Waals surface area contributed by atoms with Gasteiger partial charge in [0.25, 0.3) is 0 Å². The topological polar surface area (TPSA) is 47.3 Å². The summed E-state index contributed by atoms with van der Waals surface area (Å²) >= 11 is 3.55. The molecule has 0 aromatic heterocycles. The van der Waals surface area contributed by atoms with Crippen LogP contribution >= 0.6 is 15.9 Å². The zero-order valence-electron chi connectivity index (χ0n) is 10.3. The van der Waals surface area contributed by atoms with Crippen molar-refractivity contribution in [3.63, 3.8) is 0 Å². The lowest BCUT2D eigenvalue weighted by atomic mass is 10.1. The second-order valence-corrected chi connectivity index (χ2v) is 5.49. The van der Waals surface area contributed by atoms with Gasteiger partial charge in [0.05, 0.1) is 17.3 Å². The van der Waals surface area contributed by atoms with Crippen molar-refractivity contribution in [2.24, 2.45) is 0 Å². The monoisotopic (exact) mass is 308 g/mol. The molecule has 18 heavy (non-hydrogen) atoms. The van der Waals surface area contributed by atoms with Crippen LogP contribution in [0.1, 0.15) is 31.2 Å². The number of nitriles is 1. The van der Waals surface area contributed by atoms with E-state index in [1.165, 1.54) is 12.8 Å². The van der Waals surface area contributed by atoms with Crippen LogP contribution in [0.3, 0.4) is 0 Å². The first kappa shape index (κ1) is 13.4. The second-order valence-electron chi connectivity index (χ2n) is 4.63. The number of benzene rings is 1. The Bertz CT molecular complexity index is 456. The van der Waals surface area contributed by atoms with Crippen LogP contribution in [0.25, 0.3) is 0 Å². The molecule has 3 nitrogen and oxygen atoms in total. The molecule has 1 aromatic rings. The predicted octanol–water partition coefficient (Wildman–Crippen LogP) is 3.06. The molecular weight excluding hydrogens is 292 g/mol. The van der Waals surface area contributed by atoms with Gasteiger partial charge >= 0.3 is 0 Å². The van der Waals surface area contributed by atoms with E-state index in [1.54, 1.807) is 0 Å². The van der Waals surface area contributed by atoms with Crippen molar-refractivity contribution in [2.75, 3.05) is 18.1 Å². The van der Waals surface area contributed by atoms with E-state index in [0.717, 1.165) is 29.5 Å². The lowest BCUT2D eigenvalue weighted by Crippen LogP contribution is -2.29. The molecule has 1 aromatic carbocycles. The van der Waals surface area contributed by atoms with Crippen molar-refractivity contribution in [3.8, 4) is 6.07 Å². The number of rotatable bonds is 4. The van der Waals surface area contributed by atoms with Crippen molar-refractivity contribution in [3.05, 3.63) is 28.2 Å². The van der Waals surface area contributed by atoms with E-state index in [1.807, 2.05) is 18.2 Å². The van der Waals surface area contributed by atoms with Crippen LogP contribution in [0.4, 0.5) is 5.69 Å². The SMILES string of the molecule is N#Cc1ccc(N2CCCC2CCCO)c(Br)c1. The van der Waals surface area contributed by atoms with E-state index >= 15 is 0 Å². The van der Waals surface area contributed by atoms with Crippen LogP contribution < -0.4 is 4.90 Å². The van der Waals surface area contributed by atoms with E-state index in [0.29, 0.717) is 11.6 Å². The van der Waals surface area contributed by atoms with Crippen LogP contribution in [0.15, 0.2) is 22.7 Å². The minimum Gasteiger partial charge on any atom is -0.396 e. The molecule has 1 heterocycles. The second kappa shape index (κ2) is 6.21. The summed E-state index contributed by atoms with van der Waals surface area (Å²) in [6.45, 7) is 1.32. The van der Waals surface area contributed by atoms with Crippen LogP contribution in [0.5, 0.6) is 0 Å². The van der Waals surface area contributed by atoms with Gasteiger partial charge in [-0.2, -0.15) is 5.26 Å². The number of nitrogens with zero attached hydrogens (tertiary/aromatic N) is 2. The Morgan fingerprint density at radius 2 is 2.33 bits per heavy atom. The summed E-state index contributed by atoms with van der Waals surface area (Å²) in [6.07, 6.45) is 4.27. The maximum absolute atomic E-state index is 8.94. The van der Waals surface area contributed by atoms with Gasteiger partial charge < -0.3 is 10.0 Å². The van der Waals surface area contributed by atoms with Gasteiger partial charge in [-0.1, -0.05) is 0 Å². The van der Waals surface area contributed by atoms with Crippen LogP contribution in [-0.2, 0) is 0 Å². The number of hydrogen-bond acceptors (Lipinski definition) is 3. The molecule has 0 saturated carbocycles. The number of anilines is 1. The third-order valence-corrected chi connectivity index (χ3v) is 4.09. The van der Waals surface area contributed by atoms with E-state index in [2.05, 4.69) is 26.9 Å². The number of halogens is 1. The van der Waals surface area contributed by atoms with Crippen molar-refractivity contribution < 1.29 is 5.11 Å². The first-order valence-corrected chi connectivity index (χ1v) is 7.12. The molecule has 0 spiro atoms. The first-order valence-electron chi connectivity index (χ1n) is 6.33. The van der Waals surface area contributed by atoms with Crippen LogP contribution in [0, 0.1) is 11.3 Å². The summed E-state index contributed by atoms with van der Waals surface area (Å²) in [6, 6.07) is 8.41. The molecule has 1 atom stereocenters. The summed E-state index contributed by atoms with van der Waals surface area (Å²) in [5.74, 6) is 0. The summed E-state index contributed by atoms with van der Waals surface area (Å²) in [5.41, 5.74) is 1.84. The molecule has 1 aliphatic rings.